The van der Waals surface area contributed by atoms with Gasteiger partial charge in [0.2, 0.25) is 0 Å². The third-order valence-electron chi connectivity index (χ3n) is 1.20. The molecule has 0 N–H and O–H groups in total. The van der Waals surface area contributed by atoms with Crippen LogP contribution in [-0.4, -0.2) is 12.6 Å². The first-order chi connectivity index (χ1) is 4.74. The molecule has 3 heteroatoms. The molecule has 0 saturated heterocycles. The molecular formula is C7H9NO2. The summed E-state index contributed by atoms with van der Waals surface area (Å²) in [6.07, 6.45) is 1.48. The van der Waals surface area contributed by atoms with Gasteiger partial charge in [-0.2, -0.15) is 5.26 Å². The molecular weight excluding hydrogens is 130 g/mol. The SMILES string of the molecule is CC(C#N)CC(C=O)C=O. The van der Waals surface area contributed by atoms with E-state index < -0.39 is 5.92 Å². The average Bonchev–Trinajstić information content (AvgIpc) is 1.99. The number of carbonyl (C=O) groups is 2. The number of hydrogen-bond donors (Lipinski definition) is 0. The summed E-state index contributed by atoms with van der Waals surface area (Å²) >= 11 is 0. The van der Waals surface area contributed by atoms with Crippen molar-refractivity contribution >= 4 is 12.6 Å². The zero-order valence-electron chi connectivity index (χ0n) is 5.78. The quantitative estimate of drug-likeness (QED) is 0.422. The van der Waals surface area contributed by atoms with Gasteiger partial charge in [-0.15, -0.1) is 0 Å². The van der Waals surface area contributed by atoms with Crippen LogP contribution < -0.4 is 0 Å². The van der Waals surface area contributed by atoms with E-state index >= 15 is 0 Å². The summed E-state index contributed by atoms with van der Waals surface area (Å²) in [6, 6.07) is 1.95. The van der Waals surface area contributed by atoms with Crippen LogP contribution in [0.5, 0.6) is 0 Å². The third kappa shape index (κ3) is 2.98. The Kier molecular flexibility index (Phi) is 4.14. The van der Waals surface area contributed by atoms with Gasteiger partial charge in [-0.1, -0.05) is 0 Å². The summed E-state index contributed by atoms with van der Waals surface area (Å²) in [5, 5.41) is 8.29. The Morgan fingerprint density at radius 2 is 2.00 bits per heavy atom. The molecule has 1 unspecified atom stereocenters. The van der Waals surface area contributed by atoms with E-state index in [9.17, 15) is 9.59 Å². The minimum absolute atomic E-state index is 0.222. The molecule has 0 aromatic carbocycles. The Labute approximate surface area is 59.6 Å². The van der Waals surface area contributed by atoms with Crippen LogP contribution in [0.4, 0.5) is 0 Å². The fourth-order valence-electron chi connectivity index (χ4n) is 0.604. The van der Waals surface area contributed by atoms with E-state index in [0.29, 0.717) is 19.0 Å². The standard InChI is InChI=1S/C7H9NO2/c1-6(3-8)2-7(4-9)5-10/h4-7H,2H2,1H3. The summed E-state index contributed by atoms with van der Waals surface area (Å²) in [7, 11) is 0. The second kappa shape index (κ2) is 4.68. The number of rotatable bonds is 4. The number of nitriles is 1. The van der Waals surface area contributed by atoms with Crippen molar-refractivity contribution in [2.45, 2.75) is 13.3 Å². The van der Waals surface area contributed by atoms with E-state index in [1.807, 2.05) is 6.07 Å². The van der Waals surface area contributed by atoms with Gasteiger partial charge in [0, 0.05) is 5.92 Å². The minimum atomic E-state index is -0.602. The fraction of sp³-hybridized carbons (Fsp3) is 0.571. The number of carbonyl (C=O) groups excluding carboxylic acids is 2. The van der Waals surface area contributed by atoms with Crippen LogP contribution in [0.1, 0.15) is 13.3 Å². The molecule has 0 heterocycles. The highest BCUT2D eigenvalue weighted by Crippen LogP contribution is 2.06. The van der Waals surface area contributed by atoms with Crippen LogP contribution in [0.3, 0.4) is 0 Å². The second-order valence-electron chi connectivity index (χ2n) is 2.20. The zero-order valence-corrected chi connectivity index (χ0v) is 5.78. The Hall–Kier alpha value is -1.17. The van der Waals surface area contributed by atoms with Crippen molar-refractivity contribution in [1.82, 2.24) is 0 Å². The maximum Gasteiger partial charge on any atom is 0.130 e. The first-order valence-corrected chi connectivity index (χ1v) is 3.04. The van der Waals surface area contributed by atoms with Gasteiger partial charge in [-0.25, -0.2) is 0 Å². The average molecular weight is 139 g/mol. The Morgan fingerprint density at radius 1 is 1.50 bits per heavy atom. The van der Waals surface area contributed by atoms with Gasteiger partial charge in [-0.05, 0) is 13.3 Å². The molecule has 10 heavy (non-hydrogen) atoms. The van der Waals surface area contributed by atoms with Crippen molar-refractivity contribution in [3.05, 3.63) is 0 Å². The van der Waals surface area contributed by atoms with Crippen LogP contribution in [0.2, 0.25) is 0 Å². The van der Waals surface area contributed by atoms with Crippen molar-refractivity contribution in [2.75, 3.05) is 0 Å². The molecule has 0 aliphatic carbocycles. The molecule has 0 saturated carbocycles. The van der Waals surface area contributed by atoms with E-state index in [2.05, 4.69) is 0 Å². The molecule has 3 nitrogen and oxygen atoms in total. The first-order valence-electron chi connectivity index (χ1n) is 3.04. The molecule has 0 spiro atoms. The lowest BCUT2D eigenvalue weighted by Gasteiger charge is -2.01. The Bertz CT molecular complexity index is 151. The molecule has 0 aliphatic heterocycles. The lowest BCUT2D eigenvalue weighted by atomic mass is 10.00. The third-order valence-corrected chi connectivity index (χ3v) is 1.20. The molecule has 0 bridgehead atoms. The molecule has 0 aromatic heterocycles. The Balaban J connectivity index is 3.75. The smallest absolute Gasteiger partial charge is 0.130 e. The monoisotopic (exact) mass is 139 g/mol. The zero-order chi connectivity index (χ0) is 7.98. The summed E-state index contributed by atoms with van der Waals surface area (Å²) in [5.74, 6) is -0.824. The molecule has 0 rings (SSSR count). The first kappa shape index (κ1) is 8.83. The van der Waals surface area contributed by atoms with Crippen LogP contribution in [0.15, 0.2) is 0 Å². The normalized spacial score (nSPS) is 12.1. The predicted octanol–water partition coefficient (Wildman–Crippen LogP) is 0.550. The molecule has 0 amide bonds. The number of nitrogens with zero attached hydrogens (tertiary/aromatic N) is 1. The van der Waals surface area contributed by atoms with Crippen LogP contribution in [0, 0.1) is 23.2 Å². The van der Waals surface area contributed by atoms with Gasteiger partial charge in [-0.3, -0.25) is 0 Å². The van der Waals surface area contributed by atoms with Gasteiger partial charge in [0.1, 0.15) is 12.6 Å². The number of hydrogen-bond acceptors (Lipinski definition) is 3. The van der Waals surface area contributed by atoms with Gasteiger partial charge < -0.3 is 9.59 Å². The highest BCUT2D eigenvalue weighted by Gasteiger charge is 2.09. The Morgan fingerprint density at radius 3 is 2.30 bits per heavy atom. The molecule has 0 aromatic rings. The van der Waals surface area contributed by atoms with Crippen LogP contribution in [-0.2, 0) is 9.59 Å². The highest BCUT2D eigenvalue weighted by atomic mass is 16.1. The van der Waals surface area contributed by atoms with E-state index in [-0.39, 0.29) is 5.92 Å². The molecule has 1 atom stereocenters. The van der Waals surface area contributed by atoms with Crippen LogP contribution >= 0.6 is 0 Å². The van der Waals surface area contributed by atoms with Gasteiger partial charge in [0.25, 0.3) is 0 Å². The maximum absolute atomic E-state index is 10.0. The summed E-state index contributed by atoms with van der Waals surface area (Å²) < 4.78 is 0. The fourth-order valence-corrected chi connectivity index (χ4v) is 0.604. The van der Waals surface area contributed by atoms with Gasteiger partial charge in [0.15, 0.2) is 0 Å². The second-order valence-corrected chi connectivity index (χ2v) is 2.20. The molecule has 54 valence electrons. The summed E-state index contributed by atoms with van der Waals surface area (Å²) in [5.41, 5.74) is 0. The van der Waals surface area contributed by atoms with Crippen molar-refractivity contribution in [1.29, 1.82) is 5.26 Å². The van der Waals surface area contributed by atoms with E-state index in [1.54, 1.807) is 6.92 Å². The lowest BCUT2D eigenvalue weighted by molar-refractivity contribution is -0.119. The highest BCUT2D eigenvalue weighted by molar-refractivity contribution is 5.77. The van der Waals surface area contributed by atoms with E-state index in [1.165, 1.54) is 0 Å². The lowest BCUT2D eigenvalue weighted by Crippen LogP contribution is -2.07. The summed E-state index contributed by atoms with van der Waals surface area (Å²) in [4.78, 5) is 20.1. The maximum atomic E-state index is 10.0. The van der Waals surface area contributed by atoms with E-state index in [4.69, 9.17) is 5.26 Å². The van der Waals surface area contributed by atoms with Crippen molar-refractivity contribution in [3.8, 4) is 6.07 Å². The van der Waals surface area contributed by atoms with Gasteiger partial charge >= 0.3 is 0 Å². The summed E-state index contributed by atoms with van der Waals surface area (Å²) in [6.45, 7) is 1.68. The predicted molar refractivity (Wildman–Crippen MR) is 35.0 cm³/mol. The molecule has 0 fully saturated rings. The van der Waals surface area contributed by atoms with Crippen LogP contribution in [0.25, 0.3) is 0 Å². The van der Waals surface area contributed by atoms with Crippen molar-refractivity contribution in [2.24, 2.45) is 11.8 Å². The topological polar surface area (TPSA) is 57.9 Å². The van der Waals surface area contributed by atoms with Crippen molar-refractivity contribution in [3.63, 3.8) is 0 Å². The van der Waals surface area contributed by atoms with Crippen molar-refractivity contribution < 1.29 is 9.59 Å². The molecule has 0 aliphatic rings. The van der Waals surface area contributed by atoms with E-state index in [0.717, 1.165) is 0 Å². The molecule has 0 radical (unpaired) electrons. The largest absolute Gasteiger partial charge is 0.303 e. The van der Waals surface area contributed by atoms with Gasteiger partial charge in [0.05, 0.1) is 12.0 Å². The minimum Gasteiger partial charge on any atom is -0.303 e. The number of aldehydes is 2.